The highest BCUT2D eigenvalue weighted by Gasteiger charge is 2.49. The zero-order chi connectivity index (χ0) is 17.1. The predicted octanol–water partition coefficient (Wildman–Crippen LogP) is 5.82. The third-order valence-electron chi connectivity index (χ3n) is 6.00. The van der Waals surface area contributed by atoms with Crippen LogP contribution in [0.1, 0.15) is 79.6 Å². The molecule has 2 bridgehead atoms. The van der Waals surface area contributed by atoms with Crippen LogP contribution in [0, 0.1) is 5.92 Å². The fraction of sp³-hybridized carbons (Fsp3) is 0.810. The molecule has 0 unspecified atom stereocenters. The molecule has 3 aliphatic rings. The van der Waals surface area contributed by atoms with E-state index in [-0.39, 0.29) is 17.3 Å². The molecule has 0 amide bonds. The van der Waals surface area contributed by atoms with Crippen molar-refractivity contribution < 1.29 is 9.47 Å². The number of methoxy groups -OCH3 is 1. The molecule has 0 aromatic carbocycles. The minimum atomic E-state index is -0.180. The van der Waals surface area contributed by atoms with E-state index in [0.29, 0.717) is 5.92 Å². The van der Waals surface area contributed by atoms with Crippen molar-refractivity contribution in [3.8, 4) is 0 Å². The first kappa shape index (κ1) is 18.7. The second kappa shape index (κ2) is 7.53. The number of allylic oxidation sites excluding steroid dienone is 4. The lowest BCUT2D eigenvalue weighted by Crippen LogP contribution is -2.57. The third-order valence-corrected chi connectivity index (χ3v) is 6.00. The molecule has 0 aromatic rings. The first-order valence-corrected chi connectivity index (χ1v) is 9.31. The Balaban J connectivity index is 2.26. The molecule has 23 heavy (non-hydrogen) atoms. The number of fused-ring (bicyclic) bond motifs is 9. The van der Waals surface area contributed by atoms with Crippen LogP contribution in [0.25, 0.3) is 0 Å². The number of ether oxygens (including phenoxy) is 2. The van der Waals surface area contributed by atoms with Gasteiger partial charge in [0.2, 0.25) is 0 Å². The summed E-state index contributed by atoms with van der Waals surface area (Å²) in [4.78, 5) is 0. The summed E-state index contributed by atoms with van der Waals surface area (Å²) >= 11 is 0. The highest BCUT2D eigenvalue weighted by molar-refractivity contribution is 5.07. The molecular weight excluding hydrogens is 284 g/mol. The zero-order valence-corrected chi connectivity index (χ0v) is 16.1. The number of rotatable bonds is 1. The first-order valence-electron chi connectivity index (χ1n) is 9.31. The molecule has 2 aliphatic heterocycles. The Morgan fingerprint density at radius 2 is 1.70 bits per heavy atom. The largest absolute Gasteiger partial charge is 0.378 e. The van der Waals surface area contributed by atoms with Gasteiger partial charge in [0, 0.05) is 7.11 Å². The minimum absolute atomic E-state index is 0.0765. The van der Waals surface area contributed by atoms with Gasteiger partial charge in [-0.25, -0.2) is 0 Å². The average molecular weight is 321 g/mol. The van der Waals surface area contributed by atoms with Crippen LogP contribution in [0.15, 0.2) is 23.3 Å². The summed E-state index contributed by atoms with van der Waals surface area (Å²) in [5.41, 5.74) is 2.76. The summed E-state index contributed by atoms with van der Waals surface area (Å²) in [7, 11) is 1.84. The van der Waals surface area contributed by atoms with Gasteiger partial charge in [-0.1, -0.05) is 23.3 Å². The molecule has 132 valence electrons. The van der Waals surface area contributed by atoms with E-state index in [0.717, 1.165) is 19.3 Å². The van der Waals surface area contributed by atoms with Crippen LogP contribution in [0.3, 0.4) is 0 Å². The molecule has 0 N–H and O–H groups in total. The van der Waals surface area contributed by atoms with E-state index in [1.807, 2.05) is 7.11 Å². The van der Waals surface area contributed by atoms with Crippen molar-refractivity contribution in [1.29, 1.82) is 0 Å². The summed E-state index contributed by atoms with van der Waals surface area (Å²) in [5, 5.41) is 0. The topological polar surface area (TPSA) is 18.5 Å². The van der Waals surface area contributed by atoms with Crippen molar-refractivity contribution in [1.82, 2.24) is 0 Å². The molecule has 3 atom stereocenters. The molecule has 0 spiro atoms. The van der Waals surface area contributed by atoms with Crippen LogP contribution in [0.5, 0.6) is 0 Å². The number of hydrogen-bond donors (Lipinski definition) is 0. The summed E-state index contributed by atoms with van der Waals surface area (Å²) in [5.74, 6) is 0.559. The Morgan fingerprint density at radius 3 is 2.39 bits per heavy atom. The van der Waals surface area contributed by atoms with Gasteiger partial charge in [0.25, 0.3) is 0 Å². The monoisotopic (exact) mass is 320 g/mol. The van der Waals surface area contributed by atoms with E-state index in [4.69, 9.17) is 9.47 Å². The highest BCUT2D eigenvalue weighted by atomic mass is 16.6. The van der Waals surface area contributed by atoms with E-state index in [1.165, 1.54) is 36.8 Å². The van der Waals surface area contributed by atoms with Gasteiger partial charge >= 0.3 is 0 Å². The normalized spacial score (nSPS) is 40.6. The Kier molecular flexibility index (Phi) is 6.13. The van der Waals surface area contributed by atoms with Gasteiger partial charge < -0.3 is 9.47 Å². The van der Waals surface area contributed by atoms with Gasteiger partial charge in [-0.05, 0) is 85.5 Å². The maximum Gasteiger partial charge on any atom is 0.0925 e. The Labute approximate surface area is 143 Å². The van der Waals surface area contributed by atoms with Crippen LogP contribution in [-0.4, -0.2) is 24.4 Å². The zero-order valence-electron chi connectivity index (χ0n) is 16.1. The Morgan fingerprint density at radius 1 is 1.04 bits per heavy atom. The standard InChI is InChI=1S/C21H36O2/c1-16-9-7-10-17(2)12-13-18-15-19(22-6)21(5,14-8-11-16)23-20(18,3)4/h10-11,18-19H,7-9,12-15H2,1-6H3/b16-11+,17-10+/t18-,19-,21+/m1/s1. The first-order chi connectivity index (χ1) is 10.8. The molecule has 1 aliphatic carbocycles. The molecule has 1 fully saturated rings. The molecule has 1 saturated heterocycles. The molecule has 0 aromatic heterocycles. The van der Waals surface area contributed by atoms with Crippen molar-refractivity contribution >= 4 is 0 Å². The van der Waals surface area contributed by atoms with Gasteiger partial charge in [-0.3, -0.25) is 0 Å². The SMILES string of the molecule is CO[C@@H]1C[C@H]2CC/C(C)=C/CC/C(C)=C/CC[C@]1(C)OC2(C)C. The molecule has 3 rings (SSSR count). The predicted molar refractivity (Wildman–Crippen MR) is 97.7 cm³/mol. The van der Waals surface area contributed by atoms with Crippen LogP contribution in [0.4, 0.5) is 0 Å². The lowest BCUT2D eigenvalue weighted by Gasteiger charge is -2.52. The van der Waals surface area contributed by atoms with Crippen molar-refractivity contribution in [2.45, 2.75) is 96.9 Å². The highest BCUT2D eigenvalue weighted by Crippen LogP contribution is 2.45. The minimum Gasteiger partial charge on any atom is -0.378 e. The van der Waals surface area contributed by atoms with Crippen LogP contribution in [0.2, 0.25) is 0 Å². The van der Waals surface area contributed by atoms with E-state index in [1.54, 1.807) is 0 Å². The Hall–Kier alpha value is -0.600. The fourth-order valence-electron chi connectivity index (χ4n) is 4.32. The fourth-order valence-corrected chi connectivity index (χ4v) is 4.32. The summed E-state index contributed by atoms with van der Waals surface area (Å²) in [6.45, 7) is 11.3. The lowest BCUT2D eigenvalue weighted by atomic mass is 9.73. The van der Waals surface area contributed by atoms with Crippen LogP contribution >= 0.6 is 0 Å². The van der Waals surface area contributed by atoms with E-state index < -0.39 is 0 Å². The van der Waals surface area contributed by atoms with Crippen molar-refractivity contribution in [2.24, 2.45) is 5.92 Å². The second-order valence-corrected chi connectivity index (χ2v) is 8.39. The average Bonchev–Trinajstić information content (AvgIpc) is 2.44. The van der Waals surface area contributed by atoms with E-state index in [9.17, 15) is 0 Å². The molecule has 0 saturated carbocycles. The van der Waals surface area contributed by atoms with Crippen LogP contribution in [-0.2, 0) is 9.47 Å². The van der Waals surface area contributed by atoms with Gasteiger partial charge in [0.05, 0.1) is 17.3 Å². The smallest absolute Gasteiger partial charge is 0.0925 e. The molecule has 0 radical (unpaired) electrons. The number of hydrogen-bond acceptors (Lipinski definition) is 2. The van der Waals surface area contributed by atoms with Crippen molar-refractivity contribution in [2.75, 3.05) is 7.11 Å². The van der Waals surface area contributed by atoms with Gasteiger partial charge in [0.15, 0.2) is 0 Å². The maximum atomic E-state index is 6.67. The third kappa shape index (κ3) is 4.70. The van der Waals surface area contributed by atoms with E-state index >= 15 is 0 Å². The second-order valence-electron chi connectivity index (χ2n) is 8.39. The molecule has 2 heterocycles. The summed E-state index contributed by atoms with van der Waals surface area (Å²) in [6.07, 6.45) is 13.0. The summed E-state index contributed by atoms with van der Waals surface area (Å²) < 4.78 is 12.5. The van der Waals surface area contributed by atoms with Crippen LogP contribution < -0.4 is 0 Å². The molecule has 2 heteroatoms. The lowest BCUT2D eigenvalue weighted by molar-refractivity contribution is -0.249. The summed E-state index contributed by atoms with van der Waals surface area (Å²) in [6, 6.07) is 0. The van der Waals surface area contributed by atoms with E-state index in [2.05, 4.69) is 46.8 Å². The molecule has 2 nitrogen and oxygen atoms in total. The van der Waals surface area contributed by atoms with Gasteiger partial charge in [-0.15, -0.1) is 0 Å². The van der Waals surface area contributed by atoms with Crippen molar-refractivity contribution in [3.05, 3.63) is 23.3 Å². The van der Waals surface area contributed by atoms with Gasteiger partial charge in [0.1, 0.15) is 0 Å². The molecular formula is C21H36O2. The maximum absolute atomic E-state index is 6.67. The quantitative estimate of drug-likeness (QED) is 0.567. The van der Waals surface area contributed by atoms with Crippen molar-refractivity contribution in [3.63, 3.8) is 0 Å². The van der Waals surface area contributed by atoms with Gasteiger partial charge in [-0.2, -0.15) is 0 Å². The Bertz CT molecular complexity index is 460.